The Morgan fingerprint density at radius 2 is 2.05 bits per heavy atom. The highest BCUT2D eigenvalue weighted by Crippen LogP contribution is 2.27. The van der Waals surface area contributed by atoms with E-state index in [-0.39, 0.29) is 11.5 Å². The van der Waals surface area contributed by atoms with E-state index in [1.54, 1.807) is 0 Å². The van der Waals surface area contributed by atoms with Gasteiger partial charge in [0.15, 0.2) is 0 Å². The predicted molar refractivity (Wildman–Crippen MR) is 77.8 cm³/mol. The number of carbonyl (C=O) groups is 1. The number of rotatable bonds is 3. The summed E-state index contributed by atoms with van der Waals surface area (Å²) in [5.41, 5.74) is 6.32. The van der Waals surface area contributed by atoms with Gasteiger partial charge in [0.1, 0.15) is 0 Å². The first-order chi connectivity index (χ1) is 8.90. The second kappa shape index (κ2) is 5.80. The van der Waals surface area contributed by atoms with Gasteiger partial charge in [-0.3, -0.25) is 4.79 Å². The van der Waals surface area contributed by atoms with E-state index in [1.165, 1.54) is 6.42 Å². The minimum absolute atomic E-state index is 0.169. The van der Waals surface area contributed by atoms with E-state index < -0.39 is 0 Å². The van der Waals surface area contributed by atoms with Crippen LogP contribution in [0.4, 0.5) is 0 Å². The Morgan fingerprint density at radius 1 is 1.32 bits per heavy atom. The van der Waals surface area contributed by atoms with Crippen LogP contribution in [-0.4, -0.2) is 54.0 Å². The molecule has 0 aromatic rings. The second-order valence-electron chi connectivity index (χ2n) is 6.99. The summed E-state index contributed by atoms with van der Waals surface area (Å²) in [6.07, 6.45) is 4.03. The molecule has 1 amide bonds. The number of hydrogen-bond donors (Lipinski definition) is 1. The second-order valence-corrected chi connectivity index (χ2v) is 6.99. The van der Waals surface area contributed by atoms with Gasteiger partial charge in [0.05, 0.1) is 0 Å². The molecule has 0 saturated carbocycles. The van der Waals surface area contributed by atoms with Gasteiger partial charge in [0.2, 0.25) is 5.91 Å². The molecular weight excluding hydrogens is 238 g/mol. The highest BCUT2D eigenvalue weighted by molar-refractivity contribution is 5.77. The zero-order valence-corrected chi connectivity index (χ0v) is 12.7. The van der Waals surface area contributed by atoms with Gasteiger partial charge in [-0.25, -0.2) is 0 Å². The van der Waals surface area contributed by atoms with E-state index in [2.05, 4.69) is 30.6 Å². The summed E-state index contributed by atoms with van der Waals surface area (Å²) in [5, 5.41) is 0. The van der Waals surface area contributed by atoms with Crippen LogP contribution in [0.5, 0.6) is 0 Å². The fourth-order valence-electron chi connectivity index (χ4n) is 3.38. The third kappa shape index (κ3) is 3.48. The lowest BCUT2D eigenvalue weighted by molar-refractivity contribution is -0.132. The minimum atomic E-state index is 0.169. The molecule has 4 heteroatoms. The molecule has 2 fully saturated rings. The Labute approximate surface area is 117 Å². The van der Waals surface area contributed by atoms with E-state index in [4.69, 9.17) is 5.73 Å². The van der Waals surface area contributed by atoms with Crippen molar-refractivity contribution in [1.82, 2.24) is 9.80 Å². The van der Waals surface area contributed by atoms with Crippen molar-refractivity contribution in [2.45, 2.75) is 58.5 Å². The molecule has 0 aromatic heterocycles. The Bertz CT molecular complexity index is 329. The summed E-state index contributed by atoms with van der Waals surface area (Å²) in [4.78, 5) is 16.7. The van der Waals surface area contributed by atoms with Crippen LogP contribution in [0.2, 0.25) is 0 Å². The van der Waals surface area contributed by atoms with E-state index in [1.807, 2.05) is 0 Å². The number of amides is 1. The van der Waals surface area contributed by atoms with Gasteiger partial charge >= 0.3 is 0 Å². The quantitative estimate of drug-likeness (QED) is 0.842. The van der Waals surface area contributed by atoms with Crippen LogP contribution in [0.1, 0.15) is 46.5 Å². The van der Waals surface area contributed by atoms with Gasteiger partial charge in [-0.2, -0.15) is 0 Å². The zero-order valence-electron chi connectivity index (χ0n) is 12.7. The maximum absolute atomic E-state index is 12.2. The molecule has 2 unspecified atom stereocenters. The van der Waals surface area contributed by atoms with Crippen LogP contribution < -0.4 is 5.73 Å². The summed E-state index contributed by atoms with van der Waals surface area (Å²) < 4.78 is 0. The SMILES string of the molecule is CC1CCCN1C(=O)CCN1CCC(N)C(C)(C)C1. The van der Waals surface area contributed by atoms with E-state index in [0.29, 0.717) is 18.4 Å². The molecule has 0 aromatic carbocycles. The minimum Gasteiger partial charge on any atom is -0.340 e. The lowest BCUT2D eigenvalue weighted by Gasteiger charge is -2.42. The predicted octanol–water partition coefficient (Wildman–Crippen LogP) is 1.45. The number of likely N-dealkylation sites (tertiary alicyclic amines) is 2. The lowest BCUT2D eigenvalue weighted by atomic mass is 9.79. The van der Waals surface area contributed by atoms with Crippen molar-refractivity contribution in [2.24, 2.45) is 11.1 Å². The average Bonchev–Trinajstić information content (AvgIpc) is 2.76. The summed E-state index contributed by atoms with van der Waals surface area (Å²) >= 11 is 0. The topological polar surface area (TPSA) is 49.6 Å². The monoisotopic (exact) mass is 267 g/mol. The Morgan fingerprint density at radius 3 is 2.63 bits per heavy atom. The molecule has 0 spiro atoms. The van der Waals surface area contributed by atoms with Crippen molar-refractivity contribution in [1.29, 1.82) is 0 Å². The molecule has 2 saturated heterocycles. The third-order valence-electron chi connectivity index (χ3n) is 4.91. The van der Waals surface area contributed by atoms with Crippen LogP contribution in [0, 0.1) is 5.41 Å². The highest BCUT2D eigenvalue weighted by Gasteiger charge is 2.33. The van der Waals surface area contributed by atoms with Crippen LogP contribution >= 0.6 is 0 Å². The van der Waals surface area contributed by atoms with Crippen molar-refractivity contribution in [3.05, 3.63) is 0 Å². The summed E-state index contributed by atoms with van der Waals surface area (Å²) in [6, 6.07) is 0.733. The van der Waals surface area contributed by atoms with E-state index in [9.17, 15) is 4.79 Å². The molecule has 2 rings (SSSR count). The lowest BCUT2D eigenvalue weighted by Crippen LogP contribution is -2.52. The molecule has 110 valence electrons. The van der Waals surface area contributed by atoms with E-state index >= 15 is 0 Å². The molecule has 0 aliphatic carbocycles. The number of hydrogen-bond acceptors (Lipinski definition) is 3. The van der Waals surface area contributed by atoms with Gasteiger partial charge in [0, 0.05) is 38.1 Å². The molecule has 2 N–H and O–H groups in total. The molecule has 0 radical (unpaired) electrons. The van der Waals surface area contributed by atoms with Crippen LogP contribution in [0.25, 0.3) is 0 Å². The molecule has 2 atom stereocenters. The van der Waals surface area contributed by atoms with Gasteiger partial charge < -0.3 is 15.5 Å². The highest BCUT2D eigenvalue weighted by atomic mass is 16.2. The molecule has 2 aliphatic heterocycles. The van der Waals surface area contributed by atoms with Crippen molar-refractivity contribution >= 4 is 5.91 Å². The molecule has 4 nitrogen and oxygen atoms in total. The van der Waals surface area contributed by atoms with Gasteiger partial charge in [-0.15, -0.1) is 0 Å². The average molecular weight is 267 g/mol. The maximum atomic E-state index is 12.2. The standard InChI is InChI=1S/C15H29N3O/c1-12-5-4-8-18(12)14(19)7-10-17-9-6-13(16)15(2,3)11-17/h12-13H,4-11,16H2,1-3H3. The first kappa shape index (κ1) is 14.8. The van der Waals surface area contributed by atoms with Gasteiger partial charge in [-0.05, 0) is 38.1 Å². The Balaban J connectivity index is 1.78. The molecule has 2 aliphatic rings. The Hall–Kier alpha value is -0.610. The van der Waals surface area contributed by atoms with Crippen molar-refractivity contribution < 1.29 is 4.79 Å². The van der Waals surface area contributed by atoms with Gasteiger partial charge in [0.25, 0.3) is 0 Å². The fourth-order valence-corrected chi connectivity index (χ4v) is 3.38. The summed E-state index contributed by atoms with van der Waals surface area (Å²) in [6.45, 7) is 10.5. The zero-order chi connectivity index (χ0) is 14.0. The van der Waals surface area contributed by atoms with Crippen LogP contribution in [0.15, 0.2) is 0 Å². The number of carbonyl (C=O) groups excluding carboxylic acids is 1. The number of nitrogens with zero attached hydrogens (tertiary/aromatic N) is 2. The molecular formula is C15H29N3O. The van der Waals surface area contributed by atoms with Crippen molar-refractivity contribution in [3.63, 3.8) is 0 Å². The smallest absolute Gasteiger partial charge is 0.224 e. The molecule has 0 bridgehead atoms. The third-order valence-corrected chi connectivity index (χ3v) is 4.91. The first-order valence-corrected chi connectivity index (χ1v) is 7.67. The van der Waals surface area contributed by atoms with Crippen molar-refractivity contribution in [3.8, 4) is 0 Å². The van der Waals surface area contributed by atoms with E-state index in [0.717, 1.165) is 39.0 Å². The molecule has 19 heavy (non-hydrogen) atoms. The van der Waals surface area contributed by atoms with Crippen LogP contribution in [0.3, 0.4) is 0 Å². The van der Waals surface area contributed by atoms with Crippen molar-refractivity contribution in [2.75, 3.05) is 26.2 Å². The Kier molecular flexibility index (Phi) is 4.51. The first-order valence-electron chi connectivity index (χ1n) is 7.67. The maximum Gasteiger partial charge on any atom is 0.224 e. The number of nitrogens with two attached hydrogens (primary N) is 1. The summed E-state index contributed by atoms with van der Waals surface area (Å²) in [7, 11) is 0. The molecule has 2 heterocycles. The number of piperidine rings is 1. The largest absolute Gasteiger partial charge is 0.340 e. The summed E-state index contributed by atoms with van der Waals surface area (Å²) in [5.74, 6) is 0.331. The fraction of sp³-hybridized carbons (Fsp3) is 0.933. The normalized spacial score (nSPS) is 31.7. The van der Waals surface area contributed by atoms with Crippen LogP contribution in [-0.2, 0) is 4.79 Å². The van der Waals surface area contributed by atoms with Gasteiger partial charge in [-0.1, -0.05) is 13.8 Å².